The molecule has 34 heavy (non-hydrogen) atoms. The van der Waals surface area contributed by atoms with E-state index in [0.717, 1.165) is 58.5 Å². The maximum Gasteiger partial charge on any atom is 0.128 e. The third kappa shape index (κ3) is 4.13. The van der Waals surface area contributed by atoms with E-state index in [9.17, 15) is 0 Å². The molecule has 4 aromatic rings. The van der Waals surface area contributed by atoms with Crippen molar-refractivity contribution in [1.29, 1.82) is 5.26 Å². The van der Waals surface area contributed by atoms with Gasteiger partial charge in [-0.15, -0.1) is 0 Å². The zero-order valence-electron chi connectivity index (χ0n) is 19.8. The van der Waals surface area contributed by atoms with Gasteiger partial charge in [0.2, 0.25) is 0 Å². The Kier molecular flexibility index (Phi) is 6.00. The molecule has 2 atom stereocenters. The lowest BCUT2D eigenvalue weighted by Gasteiger charge is -2.36. The smallest absolute Gasteiger partial charge is 0.128 e. The molecule has 1 aliphatic rings. The van der Waals surface area contributed by atoms with Crippen molar-refractivity contribution in [2.24, 2.45) is 0 Å². The molecule has 170 valence electrons. The number of morpholine rings is 1. The molecule has 0 saturated carbocycles. The van der Waals surface area contributed by atoms with Gasteiger partial charge in [-0.3, -0.25) is 4.98 Å². The first-order chi connectivity index (χ1) is 16.6. The molecule has 5 heteroatoms. The van der Waals surface area contributed by atoms with E-state index in [-0.39, 0.29) is 12.2 Å². The Hall–Kier alpha value is -3.75. The van der Waals surface area contributed by atoms with Crippen LogP contribution < -0.4 is 4.90 Å². The topological polar surface area (TPSA) is 62.0 Å². The van der Waals surface area contributed by atoms with Crippen LogP contribution in [0.25, 0.3) is 33.2 Å². The Morgan fingerprint density at radius 1 is 0.912 bits per heavy atom. The minimum atomic E-state index is 0.201. The van der Waals surface area contributed by atoms with E-state index >= 15 is 0 Å². The molecule has 0 radical (unpaired) electrons. The average molecular weight is 449 g/mol. The first-order valence-electron chi connectivity index (χ1n) is 11.8. The largest absolute Gasteiger partial charge is 0.372 e. The minimum absolute atomic E-state index is 0.201. The quantitative estimate of drug-likeness (QED) is 0.382. The predicted octanol–water partition coefficient (Wildman–Crippen LogP) is 6.01. The van der Waals surface area contributed by atoms with Crippen LogP contribution in [-0.4, -0.2) is 35.3 Å². The van der Waals surface area contributed by atoms with Crippen LogP contribution in [0, 0.1) is 11.3 Å². The number of para-hydroxylation sites is 1. The van der Waals surface area contributed by atoms with Crippen molar-refractivity contribution in [3.8, 4) is 28.3 Å². The molecular weight excluding hydrogens is 420 g/mol. The highest BCUT2D eigenvalue weighted by Gasteiger charge is 2.23. The molecule has 5 rings (SSSR count). The highest BCUT2D eigenvalue weighted by atomic mass is 16.5. The number of nitriles is 1. The van der Waals surface area contributed by atoms with Gasteiger partial charge in [-0.2, -0.15) is 5.26 Å². The van der Waals surface area contributed by atoms with Crippen LogP contribution in [0.4, 0.5) is 5.82 Å². The molecule has 0 amide bonds. The standard InChI is InChI=1S/C29H28N4O/c1-4-24-26-7-5-6-25(22-10-8-21(14-30)9-11-22)29(26)32-16-27(24)23-12-13-28(31-15-23)33-17-19(2)34-20(3)18-33/h5-13,15-16,19-20H,4,17-18H2,1-3H3/t19-,20?/m1/s1. The molecular formula is C29H28N4O. The molecule has 0 N–H and O–H groups in total. The van der Waals surface area contributed by atoms with E-state index in [0.29, 0.717) is 5.56 Å². The summed E-state index contributed by atoms with van der Waals surface area (Å²) in [5.74, 6) is 0.987. The summed E-state index contributed by atoms with van der Waals surface area (Å²) in [7, 11) is 0. The lowest BCUT2D eigenvalue weighted by Crippen LogP contribution is -2.45. The van der Waals surface area contributed by atoms with Crippen molar-refractivity contribution in [1.82, 2.24) is 9.97 Å². The van der Waals surface area contributed by atoms with Gasteiger partial charge in [-0.25, -0.2) is 4.98 Å². The van der Waals surface area contributed by atoms with E-state index in [1.54, 1.807) is 0 Å². The zero-order valence-corrected chi connectivity index (χ0v) is 19.8. The van der Waals surface area contributed by atoms with E-state index in [1.165, 1.54) is 5.56 Å². The Labute approximate surface area is 200 Å². The molecule has 1 saturated heterocycles. The molecule has 1 fully saturated rings. The van der Waals surface area contributed by atoms with Gasteiger partial charge in [0.05, 0.1) is 29.4 Å². The molecule has 5 nitrogen and oxygen atoms in total. The molecule has 2 aromatic heterocycles. The molecule has 1 aliphatic heterocycles. The van der Waals surface area contributed by atoms with E-state index in [2.05, 4.69) is 62.1 Å². The summed E-state index contributed by atoms with van der Waals surface area (Å²) in [4.78, 5) is 12.0. The van der Waals surface area contributed by atoms with Gasteiger partial charge in [0.15, 0.2) is 0 Å². The zero-order chi connectivity index (χ0) is 23.7. The first kappa shape index (κ1) is 22.1. The number of rotatable bonds is 4. The van der Waals surface area contributed by atoms with Crippen LogP contribution >= 0.6 is 0 Å². The second kappa shape index (κ2) is 9.24. The van der Waals surface area contributed by atoms with Gasteiger partial charge >= 0.3 is 0 Å². The Balaban J connectivity index is 1.52. The number of nitrogens with zero attached hydrogens (tertiary/aromatic N) is 4. The number of anilines is 1. The van der Waals surface area contributed by atoms with Gasteiger partial charge in [0, 0.05) is 47.6 Å². The molecule has 0 spiro atoms. The van der Waals surface area contributed by atoms with Crippen molar-refractivity contribution in [2.75, 3.05) is 18.0 Å². The fraction of sp³-hybridized carbons (Fsp3) is 0.276. The van der Waals surface area contributed by atoms with Crippen LogP contribution in [0.2, 0.25) is 0 Å². The second-order valence-corrected chi connectivity index (χ2v) is 8.96. The highest BCUT2D eigenvalue weighted by Crippen LogP contribution is 2.34. The van der Waals surface area contributed by atoms with Crippen LogP contribution in [-0.2, 0) is 11.2 Å². The third-order valence-corrected chi connectivity index (χ3v) is 6.49. The van der Waals surface area contributed by atoms with Gasteiger partial charge in [0.1, 0.15) is 5.82 Å². The Bertz CT molecular complexity index is 1350. The molecule has 1 unspecified atom stereocenters. The number of aryl methyl sites for hydroxylation is 1. The van der Waals surface area contributed by atoms with Crippen LogP contribution in [0.3, 0.4) is 0 Å². The number of hydrogen-bond acceptors (Lipinski definition) is 5. The predicted molar refractivity (Wildman–Crippen MR) is 137 cm³/mol. The summed E-state index contributed by atoms with van der Waals surface area (Å²) >= 11 is 0. The summed E-state index contributed by atoms with van der Waals surface area (Å²) in [6.07, 6.45) is 5.24. The normalized spacial score (nSPS) is 18.1. The van der Waals surface area contributed by atoms with E-state index in [4.69, 9.17) is 20.0 Å². The average Bonchev–Trinajstić information content (AvgIpc) is 2.87. The van der Waals surface area contributed by atoms with Gasteiger partial charge < -0.3 is 9.64 Å². The highest BCUT2D eigenvalue weighted by molar-refractivity contribution is 5.98. The first-order valence-corrected chi connectivity index (χ1v) is 11.8. The molecule has 3 heterocycles. The number of aromatic nitrogens is 2. The van der Waals surface area contributed by atoms with Crippen LogP contribution in [0.1, 0.15) is 31.9 Å². The SMILES string of the molecule is CCc1c(-c2ccc(N3CC(C)O[C@H](C)C3)nc2)cnc2c(-c3ccc(C#N)cc3)cccc12. The lowest BCUT2D eigenvalue weighted by atomic mass is 9.93. The van der Waals surface area contributed by atoms with Gasteiger partial charge in [-0.1, -0.05) is 37.3 Å². The van der Waals surface area contributed by atoms with Crippen LogP contribution in [0.5, 0.6) is 0 Å². The molecule has 0 bridgehead atoms. The molecule has 0 aliphatic carbocycles. The number of benzene rings is 2. The van der Waals surface area contributed by atoms with Crippen molar-refractivity contribution >= 4 is 16.7 Å². The Morgan fingerprint density at radius 2 is 1.65 bits per heavy atom. The summed E-state index contributed by atoms with van der Waals surface area (Å²) in [5.41, 5.74) is 7.24. The second-order valence-electron chi connectivity index (χ2n) is 8.96. The number of pyridine rings is 2. The Morgan fingerprint density at radius 3 is 2.29 bits per heavy atom. The monoisotopic (exact) mass is 448 g/mol. The third-order valence-electron chi connectivity index (χ3n) is 6.49. The number of ether oxygens (including phenoxy) is 1. The van der Waals surface area contributed by atoms with Gasteiger partial charge in [-0.05, 0) is 55.7 Å². The molecule has 2 aromatic carbocycles. The van der Waals surface area contributed by atoms with E-state index < -0.39 is 0 Å². The van der Waals surface area contributed by atoms with Crippen molar-refractivity contribution in [3.05, 3.63) is 78.1 Å². The van der Waals surface area contributed by atoms with Gasteiger partial charge in [0.25, 0.3) is 0 Å². The van der Waals surface area contributed by atoms with Crippen molar-refractivity contribution in [3.63, 3.8) is 0 Å². The fourth-order valence-corrected chi connectivity index (χ4v) is 4.96. The van der Waals surface area contributed by atoms with E-state index in [1.807, 2.05) is 36.7 Å². The summed E-state index contributed by atoms with van der Waals surface area (Å²) < 4.78 is 5.86. The maximum atomic E-state index is 9.12. The summed E-state index contributed by atoms with van der Waals surface area (Å²) in [6.45, 7) is 8.11. The van der Waals surface area contributed by atoms with Crippen molar-refractivity contribution in [2.45, 2.75) is 39.4 Å². The fourth-order valence-electron chi connectivity index (χ4n) is 4.96. The maximum absolute atomic E-state index is 9.12. The minimum Gasteiger partial charge on any atom is -0.372 e. The number of hydrogen-bond donors (Lipinski definition) is 0. The van der Waals surface area contributed by atoms with Crippen LogP contribution in [0.15, 0.2) is 67.0 Å². The number of fused-ring (bicyclic) bond motifs is 1. The summed E-state index contributed by atoms with van der Waals surface area (Å²) in [5, 5.41) is 10.3. The van der Waals surface area contributed by atoms with Crippen molar-refractivity contribution < 1.29 is 4.74 Å². The lowest BCUT2D eigenvalue weighted by molar-refractivity contribution is -0.00545. The summed E-state index contributed by atoms with van der Waals surface area (Å²) in [6, 6.07) is 20.5.